The summed E-state index contributed by atoms with van der Waals surface area (Å²) in [4.78, 5) is 11.3. The minimum atomic E-state index is -1.23. The van der Waals surface area contributed by atoms with Crippen LogP contribution in [0.5, 0.6) is 17.2 Å². The molecule has 0 aromatic heterocycles. The smallest absolute Gasteiger partial charge is 0.308 e. The number of benzene rings is 1. The lowest BCUT2D eigenvalue weighted by molar-refractivity contribution is -0.149. The molecule has 4 nitrogen and oxygen atoms in total. The Hall–Kier alpha value is -1.71. The number of hydrogen-bond acceptors (Lipinski definition) is 4. The first-order chi connectivity index (χ1) is 7.07. The van der Waals surface area contributed by atoms with Crippen molar-refractivity contribution in [2.75, 3.05) is 7.11 Å². The summed E-state index contributed by atoms with van der Waals surface area (Å²) in [7, 11) is 1.54. The van der Waals surface area contributed by atoms with Crippen LogP contribution in [0.25, 0.3) is 0 Å². The maximum absolute atomic E-state index is 11.3. The van der Waals surface area contributed by atoms with Crippen molar-refractivity contribution < 1.29 is 19.0 Å². The molecule has 1 aliphatic rings. The Bertz CT molecular complexity index is 413. The lowest BCUT2D eigenvalue weighted by Crippen LogP contribution is -2.42. The van der Waals surface area contributed by atoms with Crippen LogP contribution in [0.4, 0.5) is 0 Å². The molecule has 4 heteroatoms. The molecule has 80 valence electrons. The topological polar surface area (TPSA) is 44.8 Å². The van der Waals surface area contributed by atoms with Gasteiger partial charge in [-0.1, -0.05) is 6.07 Å². The molecule has 0 saturated carbocycles. The van der Waals surface area contributed by atoms with Gasteiger partial charge in [-0.25, -0.2) is 0 Å². The number of methoxy groups -OCH3 is 1. The number of Topliss-reactive ketones (excluding diaryl/α,β-unsaturated/α-hetero) is 1. The maximum Gasteiger partial charge on any atom is 0.308 e. The van der Waals surface area contributed by atoms with E-state index in [9.17, 15) is 4.79 Å². The van der Waals surface area contributed by atoms with Gasteiger partial charge in [-0.15, -0.1) is 0 Å². The molecule has 1 aromatic rings. The van der Waals surface area contributed by atoms with Crippen molar-refractivity contribution in [1.29, 1.82) is 0 Å². The second-order valence-electron chi connectivity index (χ2n) is 3.49. The molecule has 0 saturated heterocycles. The minimum Gasteiger partial charge on any atom is -0.493 e. The van der Waals surface area contributed by atoms with Crippen molar-refractivity contribution in [3.63, 3.8) is 0 Å². The molecule has 1 atom stereocenters. The molecule has 1 aromatic carbocycles. The molecular weight excluding hydrogens is 196 g/mol. The van der Waals surface area contributed by atoms with E-state index in [1.54, 1.807) is 32.2 Å². The van der Waals surface area contributed by atoms with E-state index in [0.29, 0.717) is 17.2 Å². The van der Waals surface area contributed by atoms with Crippen molar-refractivity contribution >= 4 is 5.78 Å². The van der Waals surface area contributed by atoms with Gasteiger partial charge < -0.3 is 14.2 Å². The summed E-state index contributed by atoms with van der Waals surface area (Å²) in [5.74, 6) is 0.180. The second kappa shape index (κ2) is 3.15. The highest BCUT2D eigenvalue weighted by atomic mass is 16.7. The fourth-order valence-corrected chi connectivity index (χ4v) is 1.41. The number of rotatable bonds is 2. The highest BCUT2D eigenvalue weighted by Crippen LogP contribution is 2.45. The third-order valence-electron chi connectivity index (χ3n) is 2.40. The van der Waals surface area contributed by atoms with Crippen LogP contribution in [0.2, 0.25) is 0 Å². The minimum absolute atomic E-state index is 0.180. The first-order valence-corrected chi connectivity index (χ1v) is 4.63. The summed E-state index contributed by atoms with van der Waals surface area (Å²) in [6.07, 6.45) is 0. The number of carbonyl (C=O) groups excluding carboxylic acids is 1. The van der Waals surface area contributed by atoms with Gasteiger partial charge in [0.05, 0.1) is 7.11 Å². The van der Waals surface area contributed by atoms with Gasteiger partial charge in [-0.2, -0.15) is 0 Å². The summed E-state index contributed by atoms with van der Waals surface area (Å²) in [6, 6.07) is 5.28. The molecule has 1 heterocycles. The van der Waals surface area contributed by atoms with Crippen molar-refractivity contribution in [3.05, 3.63) is 18.2 Å². The van der Waals surface area contributed by atoms with Crippen LogP contribution in [0.3, 0.4) is 0 Å². The van der Waals surface area contributed by atoms with Gasteiger partial charge in [0.15, 0.2) is 11.5 Å². The van der Waals surface area contributed by atoms with Gasteiger partial charge in [-0.05, 0) is 12.1 Å². The van der Waals surface area contributed by atoms with Crippen LogP contribution in [0.1, 0.15) is 13.8 Å². The van der Waals surface area contributed by atoms with Crippen LogP contribution in [0, 0.1) is 0 Å². The SMILES string of the molecule is COc1cccc2c1OC(C)(C(C)=O)O2. The van der Waals surface area contributed by atoms with Crippen molar-refractivity contribution in [2.45, 2.75) is 19.6 Å². The quantitative estimate of drug-likeness (QED) is 0.743. The molecule has 0 N–H and O–H groups in total. The largest absolute Gasteiger partial charge is 0.493 e. The van der Waals surface area contributed by atoms with Crippen LogP contribution in [-0.2, 0) is 4.79 Å². The normalized spacial score (nSPS) is 22.6. The number of fused-ring (bicyclic) bond motifs is 1. The van der Waals surface area contributed by atoms with E-state index in [2.05, 4.69) is 0 Å². The molecule has 1 aliphatic heterocycles. The van der Waals surface area contributed by atoms with E-state index in [1.165, 1.54) is 6.92 Å². The van der Waals surface area contributed by atoms with Gasteiger partial charge in [0.2, 0.25) is 11.5 Å². The first-order valence-electron chi connectivity index (χ1n) is 4.63. The van der Waals surface area contributed by atoms with Crippen LogP contribution >= 0.6 is 0 Å². The van der Waals surface area contributed by atoms with E-state index < -0.39 is 5.79 Å². The summed E-state index contributed by atoms with van der Waals surface area (Å²) < 4.78 is 16.0. The van der Waals surface area contributed by atoms with E-state index >= 15 is 0 Å². The van der Waals surface area contributed by atoms with Crippen molar-refractivity contribution in [2.24, 2.45) is 0 Å². The Labute approximate surface area is 87.8 Å². The van der Waals surface area contributed by atoms with Crippen LogP contribution < -0.4 is 14.2 Å². The van der Waals surface area contributed by atoms with E-state index in [0.717, 1.165) is 0 Å². The Balaban J connectivity index is 2.42. The predicted molar refractivity (Wildman–Crippen MR) is 53.3 cm³/mol. The Morgan fingerprint density at radius 1 is 1.40 bits per heavy atom. The van der Waals surface area contributed by atoms with Crippen molar-refractivity contribution in [3.8, 4) is 17.2 Å². The van der Waals surface area contributed by atoms with Gasteiger partial charge in [0.25, 0.3) is 0 Å². The molecule has 0 aliphatic carbocycles. The highest BCUT2D eigenvalue weighted by molar-refractivity contribution is 5.85. The summed E-state index contributed by atoms with van der Waals surface area (Å²) in [6.45, 7) is 3.02. The van der Waals surface area contributed by atoms with Crippen LogP contribution in [-0.4, -0.2) is 18.7 Å². The lowest BCUT2D eigenvalue weighted by atomic mass is 10.2. The zero-order chi connectivity index (χ0) is 11.1. The summed E-state index contributed by atoms with van der Waals surface area (Å²) in [5, 5.41) is 0. The molecule has 1 unspecified atom stereocenters. The fourth-order valence-electron chi connectivity index (χ4n) is 1.41. The Kier molecular flexibility index (Phi) is 2.07. The van der Waals surface area contributed by atoms with Gasteiger partial charge in [0.1, 0.15) is 0 Å². The maximum atomic E-state index is 11.3. The summed E-state index contributed by atoms with van der Waals surface area (Å²) in [5.41, 5.74) is 0. The summed E-state index contributed by atoms with van der Waals surface area (Å²) >= 11 is 0. The molecule has 15 heavy (non-hydrogen) atoms. The average Bonchev–Trinajstić information content (AvgIpc) is 2.55. The van der Waals surface area contributed by atoms with Gasteiger partial charge >= 0.3 is 5.79 Å². The van der Waals surface area contributed by atoms with Gasteiger partial charge in [-0.3, -0.25) is 4.79 Å². The lowest BCUT2D eigenvalue weighted by Gasteiger charge is -2.19. The molecule has 0 amide bonds. The molecule has 2 rings (SSSR count). The Morgan fingerprint density at radius 3 is 2.73 bits per heavy atom. The van der Waals surface area contributed by atoms with Crippen molar-refractivity contribution in [1.82, 2.24) is 0 Å². The standard InChI is InChI=1S/C11H12O4/c1-7(12)11(2)14-9-6-4-5-8(13-3)10(9)15-11/h4-6H,1-3H3. The monoisotopic (exact) mass is 208 g/mol. The zero-order valence-electron chi connectivity index (χ0n) is 8.87. The number of ether oxygens (including phenoxy) is 3. The average molecular weight is 208 g/mol. The third-order valence-corrected chi connectivity index (χ3v) is 2.40. The molecule has 0 spiro atoms. The van der Waals surface area contributed by atoms with Gasteiger partial charge in [0, 0.05) is 13.8 Å². The van der Waals surface area contributed by atoms with E-state index in [-0.39, 0.29) is 5.78 Å². The third kappa shape index (κ3) is 1.42. The molecule has 0 radical (unpaired) electrons. The Morgan fingerprint density at radius 2 is 2.13 bits per heavy atom. The van der Waals surface area contributed by atoms with E-state index in [4.69, 9.17) is 14.2 Å². The molecule has 0 bridgehead atoms. The van der Waals surface area contributed by atoms with Crippen LogP contribution in [0.15, 0.2) is 18.2 Å². The number of ketones is 1. The number of hydrogen-bond donors (Lipinski definition) is 0. The first kappa shape index (κ1) is 9.83. The highest BCUT2D eigenvalue weighted by Gasteiger charge is 2.42. The molecular formula is C11H12O4. The molecule has 0 fully saturated rings. The second-order valence-corrected chi connectivity index (χ2v) is 3.49. The fraction of sp³-hybridized carbons (Fsp3) is 0.364. The zero-order valence-corrected chi connectivity index (χ0v) is 8.87. The number of para-hydroxylation sites is 1. The predicted octanol–water partition coefficient (Wildman–Crippen LogP) is 1.77. The van der Waals surface area contributed by atoms with E-state index in [1.807, 2.05) is 0 Å². The number of carbonyl (C=O) groups is 1.